The molecule has 0 radical (unpaired) electrons. The molecule has 0 amide bonds. The molecule has 0 atom stereocenters. The molecule has 0 bridgehead atoms. The van der Waals surface area contributed by atoms with Crippen LogP contribution in [-0.2, 0) is 16.4 Å². The normalized spacial score (nSPS) is 15.6. The predicted octanol–water partition coefficient (Wildman–Crippen LogP) is 4.16. The van der Waals surface area contributed by atoms with Gasteiger partial charge >= 0.3 is 0 Å². The largest absolute Gasteiger partial charge is 0.339 e. The fourth-order valence-corrected chi connectivity index (χ4v) is 4.89. The van der Waals surface area contributed by atoms with E-state index in [0.717, 1.165) is 30.4 Å². The lowest BCUT2D eigenvalue weighted by Gasteiger charge is -2.25. The van der Waals surface area contributed by atoms with Crippen LogP contribution in [0.3, 0.4) is 0 Å². The van der Waals surface area contributed by atoms with Crippen LogP contribution in [0.2, 0.25) is 5.02 Å². The van der Waals surface area contributed by atoms with Crippen molar-refractivity contribution in [2.75, 3.05) is 13.1 Å². The van der Waals surface area contributed by atoms with Gasteiger partial charge in [-0.2, -0.15) is 9.29 Å². The van der Waals surface area contributed by atoms with Gasteiger partial charge in [0.05, 0.1) is 11.3 Å². The van der Waals surface area contributed by atoms with E-state index in [1.807, 2.05) is 12.1 Å². The molecule has 0 spiro atoms. The SMILES string of the molecule is O=S(=O)(c1ccc(Cc2nc(-c3ccc(Cl)cc3)no2)cc1)N1CCCCC1. The maximum absolute atomic E-state index is 12.7. The standard InChI is InChI=1S/C20H20ClN3O3S/c21-17-8-6-16(7-9-17)20-22-19(27-23-20)14-15-4-10-18(11-5-15)28(25,26)24-12-2-1-3-13-24/h4-11H,1-3,12-14H2. The average Bonchev–Trinajstić information content (AvgIpc) is 3.18. The third kappa shape index (κ3) is 4.11. The molecule has 0 N–H and O–H groups in total. The molecule has 1 aromatic heterocycles. The van der Waals surface area contributed by atoms with Crippen LogP contribution in [-0.4, -0.2) is 36.0 Å². The summed E-state index contributed by atoms with van der Waals surface area (Å²) in [6.07, 6.45) is 3.37. The summed E-state index contributed by atoms with van der Waals surface area (Å²) in [7, 11) is -3.42. The molecule has 6 nitrogen and oxygen atoms in total. The maximum atomic E-state index is 12.7. The molecule has 8 heteroatoms. The van der Waals surface area contributed by atoms with Gasteiger partial charge in [0.1, 0.15) is 0 Å². The molecule has 0 aliphatic carbocycles. The molecule has 4 rings (SSSR count). The minimum absolute atomic E-state index is 0.325. The zero-order chi connectivity index (χ0) is 19.6. The van der Waals surface area contributed by atoms with Crippen molar-refractivity contribution in [2.45, 2.75) is 30.6 Å². The number of hydrogen-bond donors (Lipinski definition) is 0. The molecule has 0 saturated carbocycles. The molecule has 146 valence electrons. The minimum atomic E-state index is -3.42. The van der Waals surface area contributed by atoms with Crippen LogP contribution in [0.25, 0.3) is 11.4 Å². The summed E-state index contributed by atoms with van der Waals surface area (Å²) >= 11 is 5.90. The molecule has 2 aromatic carbocycles. The first-order chi connectivity index (χ1) is 13.5. The van der Waals surface area contributed by atoms with E-state index >= 15 is 0 Å². The van der Waals surface area contributed by atoms with Crippen molar-refractivity contribution in [3.8, 4) is 11.4 Å². The number of hydrogen-bond acceptors (Lipinski definition) is 5. The molecule has 3 aromatic rings. The lowest BCUT2D eigenvalue weighted by molar-refractivity contribution is 0.346. The highest BCUT2D eigenvalue weighted by molar-refractivity contribution is 7.89. The van der Waals surface area contributed by atoms with E-state index in [1.165, 1.54) is 0 Å². The monoisotopic (exact) mass is 417 g/mol. The summed E-state index contributed by atoms with van der Waals surface area (Å²) in [5.74, 6) is 0.965. The molecule has 28 heavy (non-hydrogen) atoms. The molecule has 1 aliphatic rings. The number of rotatable bonds is 5. The number of halogens is 1. The van der Waals surface area contributed by atoms with E-state index in [2.05, 4.69) is 10.1 Å². The summed E-state index contributed by atoms with van der Waals surface area (Å²) in [6.45, 7) is 1.19. The van der Waals surface area contributed by atoms with E-state index in [0.29, 0.717) is 41.1 Å². The second-order valence-corrected chi connectivity index (χ2v) is 9.18. The lowest BCUT2D eigenvalue weighted by atomic mass is 10.1. The fourth-order valence-electron chi connectivity index (χ4n) is 3.25. The van der Waals surface area contributed by atoms with Crippen LogP contribution < -0.4 is 0 Å². The van der Waals surface area contributed by atoms with Gasteiger partial charge in [-0.3, -0.25) is 0 Å². The number of piperidine rings is 1. The van der Waals surface area contributed by atoms with Gasteiger partial charge < -0.3 is 4.52 Å². The van der Waals surface area contributed by atoms with Crippen molar-refractivity contribution in [3.63, 3.8) is 0 Å². The summed E-state index contributed by atoms with van der Waals surface area (Å²) in [4.78, 5) is 4.73. The highest BCUT2D eigenvalue weighted by Crippen LogP contribution is 2.22. The molecule has 0 unspecified atom stereocenters. The van der Waals surface area contributed by atoms with E-state index in [9.17, 15) is 8.42 Å². The number of aromatic nitrogens is 2. The second-order valence-electron chi connectivity index (χ2n) is 6.80. The summed E-state index contributed by atoms with van der Waals surface area (Å²) < 4.78 is 32.3. The molecular formula is C20H20ClN3O3S. The van der Waals surface area contributed by atoms with Gasteiger partial charge in [-0.25, -0.2) is 8.42 Å². The molecule has 1 saturated heterocycles. The topological polar surface area (TPSA) is 76.3 Å². The molecule has 1 fully saturated rings. The van der Waals surface area contributed by atoms with Crippen molar-refractivity contribution in [3.05, 3.63) is 65.0 Å². The first kappa shape index (κ1) is 19.1. The first-order valence-corrected chi connectivity index (χ1v) is 11.0. The minimum Gasteiger partial charge on any atom is -0.339 e. The van der Waals surface area contributed by atoms with Gasteiger partial charge in [0, 0.05) is 23.7 Å². The summed E-state index contributed by atoms with van der Waals surface area (Å²) in [5.41, 5.74) is 1.73. The number of benzene rings is 2. The van der Waals surface area contributed by atoms with E-state index in [4.69, 9.17) is 16.1 Å². The molecular weight excluding hydrogens is 398 g/mol. The van der Waals surface area contributed by atoms with E-state index in [1.54, 1.807) is 40.7 Å². The van der Waals surface area contributed by atoms with Crippen LogP contribution >= 0.6 is 11.6 Å². The Labute approximate surface area is 169 Å². The van der Waals surface area contributed by atoms with Crippen molar-refractivity contribution in [1.29, 1.82) is 0 Å². The van der Waals surface area contributed by atoms with E-state index < -0.39 is 10.0 Å². The van der Waals surface area contributed by atoms with Crippen LogP contribution in [0.1, 0.15) is 30.7 Å². The Morgan fingerprint density at radius 2 is 1.64 bits per heavy atom. The number of nitrogens with zero attached hydrogens (tertiary/aromatic N) is 3. The summed E-state index contributed by atoms with van der Waals surface area (Å²) in [5, 5.41) is 4.64. The van der Waals surface area contributed by atoms with Gasteiger partial charge in [0.15, 0.2) is 0 Å². The van der Waals surface area contributed by atoms with Gasteiger partial charge in [-0.05, 0) is 54.8 Å². The second kappa shape index (κ2) is 8.03. The third-order valence-corrected chi connectivity index (χ3v) is 6.97. The Hall–Kier alpha value is -2.22. The Kier molecular flexibility index (Phi) is 5.48. The Morgan fingerprint density at radius 1 is 0.964 bits per heavy atom. The zero-order valence-electron chi connectivity index (χ0n) is 15.2. The van der Waals surface area contributed by atoms with Gasteiger partial charge in [-0.1, -0.05) is 35.3 Å². The lowest BCUT2D eigenvalue weighted by Crippen LogP contribution is -2.35. The number of sulfonamides is 1. The molecule has 1 aliphatic heterocycles. The van der Waals surface area contributed by atoms with Crippen LogP contribution in [0.5, 0.6) is 0 Å². The van der Waals surface area contributed by atoms with Crippen LogP contribution in [0, 0.1) is 0 Å². The first-order valence-electron chi connectivity index (χ1n) is 9.20. The van der Waals surface area contributed by atoms with Gasteiger partial charge in [-0.15, -0.1) is 0 Å². The Morgan fingerprint density at radius 3 is 2.32 bits per heavy atom. The fraction of sp³-hybridized carbons (Fsp3) is 0.300. The van der Waals surface area contributed by atoms with Gasteiger partial charge in [0.25, 0.3) is 0 Å². The average molecular weight is 418 g/mol. The van der Waals surface area contributed by atoms with Gasteiger partial charge in [0.2, 0.25) is 21.7 Å². The van der Waals surface area contributed by atoms with Crippen LogP contribution in [0.15, 0.2) is 57.9 Å². The smallest absolute Gasteiger partial charge is 0.243 e. The summed E-state index contributed by atoms with van der Waals surface area (Å²) in [6, 6.07) is 14.1. The van der Waals surface area contributed by atoms with E-state index in [-0.39, 0.29) is 0 Å². The quantitative estimate of drug-likeness (QED) is 0.623. The van der Waals surface area contributed by atoms with Crippen LogP contribution in [0.4, 0.5) is 0 Å². The Balaban J connectivity index is 1.47. The zero-order valence-corrected chi connectivity index (χ0v) is 16.8. The van der Waals surface area contributed by atoms with Crippen molar-refractivity contribution in [2.24, 2.45) is 0 Å². The maximum Gasteiger partial charge on any atom is 0.243 e. The third-order valence-electron chi connectivity index (χ3n) is 4.80. The highest BCUT2D eigenvalue weighted by atomic mass is 35.5. The highest BCUT2D eigenvalue weighted by Gasteiger charge is 2.25. The van der Waals surface area contributed by atoms with Crippen molar-refractivity contribution >= 4 is 21.6 Å². The van der Waals surface area contributed by atoms with Crippen molar-refractivity contribution in [1.82, 2.24) is 14.4 Å². The predicted molar refractivity (Wildman–Crippen MR) is 107 cm³/mol. The van der Waals surface area contributed by atoms with Crippen molar-refractivity contribution < 1.29 is 12.9 Å². The molecule has 2 heterocycles. The Bertz CT molecular complexity index is 1040.